The Morgan fingerprint density at radius 3 is 1.95 bits per heavy atom. The topological polar surface area (TPSA) is 344 Å². The lowest BCUT2D eigenvalue weighted by atomic mass is 9.99. The summed E-state index contributed by atoms with van der Waals surface area (Å²) >= 11 is 0. The summed E-state index contributed by atoms with van der Waals surface area (Å²) in [6.45, 7) is -2.01. The van der Waals surface area contributed by atoms with Crippen molar-refractivity contribution in [3.8, 4) is 0 Å². The van der Waals surface area contributed by atoms with Crippen LogP contribution in [0.5, 0.6) is 0 Å². The Morgan fingerprint density at radius 2 is 1.40 bits per heavy atom. The van der Waals surface area contributed by atoms with E-state index in [0.717, 1.165) is 6.33 Å². The first-order valence-electron chi connectivity index (χ1n) is 11.9. The minimum absolute atomic E-state index is 0.0860. The molecule has 43 heavy (non-hydrogen) atoms. The molecule has 4 rings (SSSR count). The van der Waals surface area contributed by atoms with Gasteiger partial charge in [0, 0.05) is 7.05 Å². The molecule has 0 unspecified atom stereocenters. The average Bonchev–Trinajstić information content (AvgIpc) is 3.46. The third kappa shape index (κ3) is 8.00. The standard InChI is InChI=1S/C17H28N5O18P3/c1-18-14-8-15(20-4-19-14)22(5-21-8)16-13(40-43(32,33)34)10(6(2-23)35-16)37-17-9(25)12(39-42(29,30)31)11(7(3-24)36-17)38-41(26,27)28/h4-7,9-13,16-17,23-25H,2-3H2,1H3,(H,18,19,20)(H2,26,27,28)(H2,29,30,31)(H2,32,33,34)/t6-,7-,9-,10-,11-,12-,13-,16-,17-/m1/s1. The number of fused-ring (bicyclic) bond motifs is 1. The van der Waals surface area contributed by atoms with Gasteiger partial charge in [-0.05, 0) is 0 Å². The molecule has 0 aromatic carbocycles. The molecule has 244 valence electrons. The van der Waals surface area contributed by atoms with E-state index in [4.69, 9.17) is 18.7 Å². The van der Waals surface area contributed by atoms with Crippen molar-refractivity contribution in [1.82, 2.24) is 19.5 Å². The lowest BCUT2D eigenvalue weighted by Crippen LogP contribution is -2.61. The number of aromatic nitrogens is 4. The maximum absolute atomic E-state index is 12.0. The molecule has 23 nitrogen and oxygen atoms in total. The maximum Gasteiger partial charge on any atom is 0.470 e. The largest absolute Gasteiger partial charge is 0.470 e. The number of imidazole rings is 1. The first kappa shape index (κ1) is 34.3. The highest BCUT2D eigenvalue weighted by Crippen LogP contribution is 2.49. The Labute approximate surface area is 240 Å². The summed E-state index contributed by atoms with van der Waals surface area (Å²) in [6, 6.07) is 0. The molecule has 10 N–H and O–H groups in total. The summed E-state index contributed by atoms with van der Waals surface area (Å²) in [5.41, 5.74) is 0.293. The van der Waals surface area contributed by atoms with Crippen LogP contribution < -0.4 is 5.32 Å². The maximum atomic E-state index is 12.0. The molecular formula is C17H28N5O18P3. The first-order valence-corrected chi connectivity index (χ1v) is 16.5. The number of aliphatic hydroxyl groups excluding tert-OH is 3. The number of rotatable bonds is 12. The summed E-state index contributed by atoms with van der Waals surface area (Å²) in [7, 11) is -14.8. The fourth-order valence-corrected chi connectivity index (χ4v) is 6.28. The van der Waals surface area contributed by atoms with E-state index >= 15 is 0 Å². The van der Waals surface area contributed by atoms with E-state index in [1.165, 1.54) is 10.9 Å². The van der Waals surface area contributed by atoms with Gasteiger partial charge in [0.05, 0.1) is 19.5 Å². The van der Waals surface area contributed by atoms with Crippen LogP contribution in [0.15, 0.2) is 12.7 Å². The molecular weight excluding hydrogens is 655 g/mol. The van der Waals surface area contributed by atoms with Crippen LogP contribution in [-0.4, -0.2) is 133 Å². The van der Waals surface area contributed by atoms with E-state index in [1.807, 2.05) is 0 Å². The highest BCUT2D eigenvalue weighted by atomic mass is 31.2. The Hall–Kier alpha value is -1.56. The number of anilines is 1. The number of phosphoric acid groups is 3. The molecule has 0 aliphatic carbocycles. The van der Waals surface area contributed by atoms with Crippen LogP contribution in [0.25, 0.3) is 11.2 Å². The van der Waals surface area contributed by atoms with Crippen LogP contribution in [0, 0.1) is 0 Å². The van der Waals surface area contributed by atoms with Crippen LogP contribution in [0.3, 0.4) is 0 Å². The third-order valence-electron chi connectivity index (χ3n) is 6.20. The Bertz CT molecular complexity index is 1410. The van der Waals surface area contributed by atoms with Gasteiger partial charge in [0.2, 0.25) is 0 Å². The Kier molecular flexibility index (Phi) is 10.4. The van der Waals surface area contributed by atoms with Crippen molar-refractivity contribution in [2.75, 3.05) is 25.6 Å². The zero-order chi connectivity index (χ0) is 31.9. The molecule has 9 atom stereocenters. The number of nitrogens with one attached hydrogen (secondary N) is 1. The molecule has 0 radical (unpaired) electrons. The Balaban J connectivity index is 1.71. The number of phosphoric ester groups is 3. The molecule has 2 aromatic heterocycles. The molecule has 26 heteroatoms. The van der Waals surface area contributed by atoms with Gasteiger partial charge in [-0.15, -0.1) is 0 Å². The van der Waals surface area contributed by atoms with E-state index < -0.39 is 91.9 Å². The van der Waals surface area contributed by atoms with Crippen LogP contribution in [0.4, 0.5) is 5.82 Å². The van der Waals surface area contributed by atoms with E-state index in [0.29, 0.717) is 0 Å². The minimum atomic E-state index is -5.51. The molecule has 4 heterocycles. The summed E-state index contributed by atoms with van der Waals surface area (Å²) in [4.78, 5) is 68.8. The van der Waals surface area contributed by atoms with Crippen molar-refractivity contribution >= 4 is 40.4 Å². The van der Waals surface area contributed by atoms with E-state index in [-0.39, 0.29) is 17.0 Å². The number of ether oxygens (including phenoxy) is 3. The van der Waals surface area contributed by atoms with Gasteiger partial charge < -0.3 is 64.2 Å². The van der Waals surface area contributed by atoms with Gasteiger partial charge in [0.1, 0.15) is 54.6 Å². The first-order chi connectivity index (χ1) is 20.0. The fraction of sp³-hybridized carbons (Fsp3) is 0.706. The van der Waals surface area contributed by atoms with Crippen molar-refractivity contribution in [3.05, 3.63) is 12.7 Å². The monoisotopic (exact) mass is 683 g/mol. The second-order valence-electron chi connectivity index (χ2n) is 9.04. The van der Waals surface area contributed by atoms with Gasteiger partial charge in [0.15, 0.2) is 24.0 Å². The molecule has 2 aliphatic rings. The second-order valence-corrected chi connectivity index (χ2v) is 12.6. The lowest BCUT2D eigenvalue weighted by Gasteiger charge is -2.44. The van der Waals surface area contributed by atoms with Crippen LogP contribution in [0.1, 0.15) is 6.23 Å². The van der Waals surface area contributed by atoms with Gasteiger partial charge in [-0.3, -0.25) is 18.1 Å². The van der Waals surface area contributed by atoms with E-state index in [2.05, 4.69) is 29.3 Å². The average molecular weight is 683 g/mol. The molecule has 2 aromatic rings. The van der Waals surface area contributed by atoms with Gasteiger partial charge >= 0.3 is 23.5 Å². The fourth-order valence-electron chi connectivity index (χ4n) is 4.61. The van der Waals surface area contributed by atoms with Crippen molar-refractivity contribution in [1.29, 1.82) is 0 Å². The van der Waals surface area contributed by atoms with E-state index in [9.17, 15) is 58.4 Å². The number of nitrogens with zero attached hydrogens (tertiary/aromatic N) is 4. The van der Waals surface area contributed by atoms with Gasteiger partial charge in [-0.1, -0.05) is 0 Å². The van der Waals surface area contributed by atoms with E-state index in [1.54, 1.807) is 7.05 Å². The number of hydrogen-bond donors (Lipinski definition) is 10. The number of aliphatic hydroxyl groups is 3. The smallest absolute Gasteiger partial charge is 0.394 e. The molecule has 0 bridgehead atoms. The summed E-state index contributed by atoms with van der Waals surface area (Å²) in [5.74, 6) is 0.276. The zero-order valence-corrected chi connectivity index (χ0v) is 24.3. The van der Waals surface area contributed by atoms with Crippen LogP contribution >= 0.6 is 23.5 Å². The van der Waals surface area contributed by atoms with Crippen molar-refractivity contribution in [2.24, 2.45) is 0 Å². The van der Waals surface area contributed by atoms with Crippen LogP contribution in [-0.2, 0) is 41.5 Å². The molecule has 0 amide bonds. The number of hydrogen-bond acceptors (Lipinski definition) is 16. The third-order valence-corrected chi connectivity index (χ3v) is 7.75. The molecule has 2 fully saturated rings. The predicted molar refractivity (Wildman–Crippen MR) is 133 cm³/mol. The minimum Gasteiger partial charge on any atom is -0.394 e. The zero-order valence-electron chi connectivity index (χ0n) is 21.6. The van der Waals surface area contributed by atoms with Crippen LogP contribution in [0.2, 0.25) is 0 Å². The van der Waals surface area contributed by atoms with Gasteiger partial charge in [0.25, 0.3) is 0 Å². The SMILES string of the molecule is CNc1ncnc2c1ncn2[C@@H]1O[C@H](CO)[C@@H](O[C@H]2O[C@H](CO)[C@@H](OP(=O)(O)O)[C@H](OP(=O)(O)O)[C@H]2O)[C@H]1OP(=O)(O)O. The predicted octanol–water partition coefficient (Wildman–Crippen LogP) is -3.35. The quantitative estimate of drug-likeness (QED) is 0.0977. The highest BCUT2D eigenvalue weighted by Gasteiger charge is 2.56. The van der Waals surface area contributed by atoms with Crippen molar-refractivity contribution in [3.63, 3.8) is 0 Å². The summed E-state index contributed by atoms with van der Waals surface area (Å²) < 4.78 is 67.0. The van der Waals surface area contributed by atoms with Gasteiger partial charge in [-0.25, -0.2) is 28.6 Å². The molecule has 2 saturated heterocycles. The van der Waals surface area contributed by atoms with Gasteiger partial charge in [-0.2, -0.15) is 0 Å². The highest BCUT2D eigenvalue weighted by molar-refractivity contribution is 7.46. The lowest BCUT2D eigenvalue weighted by molar-refractivity contribution is -0.313. The summed E-state index contributed by atoms with van der Waals surface area (Å²) in [6.07, 6.45) is -15.1. The molecule has 0 saturated carbocycles. The summed E-state index contributed by atoms with van der Waals surface area (Å²) in [5, 5.41) is 33.5. The molecule has 2 aliphatic heterocycles. The second kappa shape index (κ2) is 13.0. The molecule has 0 spiro atoms. The van der Waals surface area contributed by atoms with Crippen molar-refractivity contribution < 1.29 is 86.2 Å². The van der Waals surface area contributed by atoms with Crippen molar-refractivity contribution in [2.45, 2.75) is 55.2 Å². The normalized spacial score (nSPS) is 32.4. The Morgan fingerprint density at radius 1 is 0.837 bits per heavy atom.